The molecule has 0 radical (unpaired) electrons. The molecule has 4 heteroatoms. The number of nitrogens with one attached hydrogen (secondary N) is 1. The first kappa shape index (κ1) is 13.7. The second kappa shape index (κ2) is 7.04. The normalized spacial score (nSPS) is 14.1. The SMILES string of the molecule is CCC(N)CC(=O)NC(CO)c1ccccc1. The van der Waals surface area contributed by atoms with Crippen LogP contribution < -0.4 is 11.1 Å². The van der Waals surface area contributed by atoms with E-state index in [0.717, 1.165) is 12.0 Å². The van der Waals surface area contributed by atoms with Gasteiger partial charge in [0.25, 0.3) is 0 Å². The Kier molecular flexibility index (Phi) is 5.66. The van der Waals surface area contributed by atoms with Gasteiger partial charge >= 0.3 is 0 Å². The van der Waals surface area contributed by atoms with Gasteiger partial charge in [0.15, 0.2) is 0 Å². The first-order valence-electron chi connectivity index (χ1n) is 5.88. The van der Waals surface area contributed by atoms with Crippen LogP contribution >= 0.6 is 0 Å². The minimum absolute atomic E-state index is 0.114. The van der Waals surface area contributed by atoms with Gasteiger partial charge < -0.3 is 16.2 Å². The molecule has 0 aromatic heterocycles. The number of benzene rings is 1. The number of aliphatic hydroxyl groups excluding tert-OH is 1. The van der Waals surface area contributed by atoms with Crippen LogP contribution in [-0.2, 0) is 4.79 Å². The molecule has 1 rings (SSSR count). The number of amides is 1. The van der Waals surface area contributed by atoms with E-state index in [9.17, 15) is 9.90 Å². The Morgan fingerprint density at radius 3 is 2.59 bits per heavy atom. The number of hydrogen-bond donors (Lipinski definition) is 3. The molecule has 4 N–H and O–H groups in total. The van der Waals surface area contributed by atoms with Crippen molar-refractivity contribution in [2.75, 3.05) is 6.61 Å². The molecule has 0 fully saturated rings. The van der Waals surface area contributed by atoms with E-state index in [2.05, 4.69) is 5.32 Å². The van der Waals surface area contributed by atoms with Gasteiger partial charge in [0.1, 0.15) is 0 Å². The number of nitrogens with two attached hydrogens (primary N) is 1. The molecule has 1 amide bonds. The molecule has 0 aliphatic rings. The van der Waals surface area contributed by atoms with Crippen LogP contribution in [0.2, 0.25) is 0 Å². The third-order valence-electron chi connectivity index (χ3n) is 2.69. The average Bonchev–Trinajstić information content (AvgIpc) is 2.36. The Bertz CT molecular complexity index is 341. The topological polar surface area (TPSA) is 75.4 Å². The van der Waals surface area contributed by atoms with Gasteiger partial charge in [-0.2, -0.15) is 0 Å². The van der Waals surface area contributed by atoms with Crippen LogP contribution in [0.4, 0.5) is 0 Å². The molecule has 2 unspecified atom stereocenters. The summed E-state index contributed by atoms with van der Waals surface area (Å²) in [7, 11) is 0. The van der Waals surface area contributed by atoms with Gasteiger partial charge in [0.2, 0.25) is 5.91 Å². The van der Waals surface area contributed by atoms with Crippen molar-refractivity contribution in [1.82, 2.24) is 5.32 Å². The fraction of sp³-hybridized carbons (Fsp3) is 0.462. The lowest BCUT2D eigenvalue weighted by molar-refractivity contribution is -0.122. The van der Waals surface area contributed by atoms with Crippen molar-refractivity contribution in [1.29, 1.82) is 0 Å². The van der Waals surface area contributed by atoms with E-state index in [0.29, 0.717) is 6.42 Å². The summed E-state index contributed by atoms with van der Waals surface area (Å²) in [5.41, 5.74) is 6.60. The van der Waals surface area contributed by atoms with Crippen molar-refractivity contribution in [3.8, 4) is 0 Å². The molecule has 0 aliphatic heterocycles. The Labute approximate surface area is 102 Å². The zero-order valence-corrected chi connectivity index (χ0v) is 10.1. The molecule has 0 heterocycles. The predicted molar refractivity (Wildman–Crippen MR) is 67.3 cm³/mol. The maximum Gasteiger partial charge on any atom is 0.222 e. The summed E-state index contributed by atoms with van der Waals surface area (Å²) in [5.74, 6) is -0.123. The lowest BCUT2D eigenvalue weighted by atomic mass is 10.1. The Hall–Kier alpha value is -1.39. The number of hydrogen-bond acceptors (Lipinski definition) is 3. The van der Waals surface area contributed by atoms with E-state index in [4.69, 9.17) is 5.73 Å². The van der Waals surface area contributed by atoms with Gasteiger partial charge in [-0.05, 0) is 12.0 Å². The summed E-state index contributed by atoms with van der Waals surface area (Å²) in [6, 6.07) is 8.93. The van der Waals surface area contributed by atoms with E-state index in [1.165, 1.54) is 0 Å². The van der Waals surface area contributed by atoms with Crippen LogP contribution in [0, 0.1) is 0 Å². The highest BCUT2D eigenvalue weighted by atomic mass is 16.3. The van der Waals surface area contributed by atoms with Crippen molar-refractivity contribution in [2.45, 2.75) is 31.8 Å². The Morgan fingerprint density at radius 2 is 2.06 bits per heavy atom. The van der Waals surface area contributed by atoms with Gasteiger partial charge in [-0.3, -0.25) is 4.79 Å². The third-order valence-corrected chi connectivity index (χ3v) is 2.69. The van der Waals surface area contributed by atoms with E-state index >= 15 is 0 Å². The average molecular weight is 236 g/mol. The van der Waals surface area contributed by atoms with Gasteiger partial charge in [0.05, 0.1) is 12.6 Å². The molecule has 1 aromatic carbocycles. The molecule has 0 spiro atoms. The largest absolute Gasteiger partial charge is 0.394 e. The summed E-state index contributed by atoms with van der Waals surface area (Å²) >= 11 is 0. The van der Waals surface area contributed by atoms with Gasteiger partial charge in [-0.1, -0.05) is 37.3 Å². The molecule has 0 bridgehead atoms. The summed E-state index contributed by atoms with van der Waals surface area (Å²) in [5, 5.41) is 12.1. The minimum atomic E-state index is -0.354. The zero-order valence-electron chi connectivity index (χ0n) is 10.1. The Morgan fingerprint density at radius 1 is 1.41 bits per heavy atom. The minimum Gasteiger partial charge on any atom is -0.394 e. The smallest absolute Gasteiger partial charge is 0.222 e. The highest BCUT2D eigenvalue weighted by Crippen LogP contribution is 2.11. The molecule has 0 saturated carbocycles. The number of carbonyl (C=O) groups excluding carboxylic acids is 1. The molecule has 0 saturated heterocycles. The molecule has 94 valence electrons. The van der Waals surface area contributed by atoms with Crippen LogP contribution in [-0.4, -0.2) is 23.7 Å². The standard InChI is InChI=1S/C13H20N2O2/c1-2-11(14)8-13(17)15-12(9-16)10-6-4-3-5-7-10/h3-7,11-12,16H,2,8-9,14H2,1H3,(H,15,17). The molecule has 0 aliphatic carbocycles. The fourth-order valence-electron chi connectivity index (χ4n) is 1.56. The summed E-state index contributed by atoms with van der Waals surface area (Å²) in [4.78, 5) is 11.7. The second-order valence-corrected chi connectivity index (χ2v) is 4.09. The van der Waals surface area contributed by atoms with Gasteiger partial charge in [-0.15, -0.1) is 0 Å². The first-order chi connectivity index (χ1) is 8.17. The summed E-state index contributed by atoms with van der Waals surface area (Å²) in [6.07, 6.45) is 1.06. The molecule has 17 heavy (non-hydrogen) atoms. The third kappa shape index (κ3) is 4.54. The summed E-state index contributed by atoms with van der Waals surface area (Å²) < 4.78 is 0. The number of carbonyl (C=O) groups is 1. The molecule has 4 nitrogen and oxygen atoms in total. The van der Waals surface area contributed by atoms with E-state index in [-0.39, 0.29) is 24.6 Å². The van der Waals surface area contributed by atoms with Gasteiger partial charge in [0, 0.05) is 12.5 Å². The lowest BCUT2D eigenvalue weighted by Gasteiger charge is -2.18. The monoisotopic (exact) mass is 236 g/mol. The molecular weight excluding hydrogens is 216 g/mol. The number of aliphatic hydroxyl groups is 1. The maximum atomic E-state index is 11.7. The molecule has 2 atom stereocenters. The predicted octanol–water partition coefficient (Wildman–Crippen LogP) is 0.964. The lowest BCUT2D eigenvalue weighted by Crippen LogP contribution is -2.35. The van der Waals surface area contributed by atoms with Crippen LogP contribution in [0.5, 0.6) is 0 Å². The Balaban J connectivity index is 2.56. The van der Waals surface area contributed by atoms with E-state index in [1.807, 2.05) is 37.3 Å². The van der Waals surface area contributed by atoms with Crippen molar-refractivity contribution < 1.29 is 9.90 Å². The highest BCUT2D eigenvalue weighted by molar-refractivity contribution is 5.77. The second-order valence-electron chi connectivity index (χ2n) is 4.09. The van der Waals surface area contributed by atoms with Crippen LogP contribution in [0.25, 0.3) is 0 Å². The molecule has 1 aromatic rings. The number of rotatable bonds is 6. The maximum absolute atomic E-state index is 11.7. The summed E-state index contributed by atoms with van der Waals surface area (Å²) in [6.45, 7) is 1.83. The first-order valence-corrected chi connectivity index (χ1v) is 5.88. The van der Waals surface area contributed by atoms with Crippen molar-refractivity contribution in [2.24, 2.45) is 5.73 Å². The fourth-order valence-corrected chi connectivity index (χ4v) is 1.56. The van der Waals surface area contributed by atoms with Crippen LogP contribution in [0.1, 0.15) is 31.4 Å². The quantitative estimate of drug-likeness (QED) is 0.688. The van der Waals surface area contributed by atoms with Crippen molar-refractivity contribution in [3.63, 3.8) is 0 Å². The van der Waals surface area contributed by atoms with E-state index < -0.39 is 0 Å². The highest BCUT2D eigenvalue weighted by Gasteiger charge is 2.14. The molecular formula is C13H20N2O2. The van der Waals surface area contributed by atoms with Crippen molar-refractivity contribution >= 4 is 5.91 Å². The zero-order chi connectivity index (χ0) is 12.7. The van der Waals surface area contributed by atoms with Gasteiger partial charge in [-0.25, -0.2) is 0 Å². The van der Waals surface area contributed by atoms with Crippen LogP contribution in [0.15, 0.2) is 30.3 Å². The van der Waals surface area contributed by atoms with E-state index in [1.54, 1.807) is 0 Å². The van der Waals surface area contributed by atoms with Crippen molar-refractivity contribution in [3.05, 3.63) is 35.9 Å². The van der Waals surface area contributed by atoms with Crippen LogP contribution in [0.3, 0.4) is 0 Å².